The molecule has 1 atom stereocenters. The summed E-state index contributed by atoms with van der Waals surface area (Å²) < 4.78 is 10.1. The van der Waals surface area contributed by atoms with Crippen molar-refractivity contribution in [2.24, 2.45) is 5.92 Å². The third-order valence-electron chi connectivity index (χ3n) is 4.78. The normalized spacial score (nSPS) is 22.3. The Kier molecular flexibility index (Phi) is 3.99. The van der Waals surface area contributed by atoms with E-state index in [9.17, 15) is 0 Å². The maximum atomic E-state index is 5.29. The van der Waals surface area contributed by atoms with Gasteiger partial charge in [0.15, 0.2) is 11.6 Å². The maximum absolute atomic E-state index is 5.29. The van der Waals surface area contributed by atoms with E-state index in [1.54, 1.807) is 7.11 Å². The average Bonchev–Trinajstić information content (AvgIpc) is 3.27. The molecule has 2 aromatic heterocycles. The van der Waals surface area contributed by atoms with E-state index in [0.717, 1.165) is 37.8 Å². The zero-order valence-electron chi connectivity index (χ0n) is 13.4. The van der Waals surface area contributed by atoms with Crippen LogP contribution in [0, 0.1) is 5.92 Å². The highest BCUT2D eigenvalue weighted by Crippen LogP contribution is 2.31. The van der Waals surface area contributed by atoms with Gasteiger partial charge in [0.1, 0.15) is 0 Å². The van der Waals surface area contributed by atoms with Gasteiger partial charge in [-0.2, -0.15) is 0 Å². The Labute approximate surface area is 134 Å². The quantitative estimate of drug-likeness (QED) is 0.893. The molecule has 0 radical (unpaired) electrons. The smallest absolute Gasteiger partial charge is 0.245 e. The number of hydrogen-bond acceptors (Lipinski definition) is 8. The molecule has 0 spiro atoms. The van der Waals surface area contributed by atoms with Crippen molar-refractivity contribution in [3.05, 3.63) is 0 Å². The molecule has 0 aromatic carbocycles. The van der Waals surface area contributed by atoms with Crippen molar-refractivity contribution in [3.63, 3.8) is 0 Å². The van der Waals surface area contributed by atoms with Crippen LogP contribution in [0.25, 0.3) is 11.3 Å². The predicted molar refractivity (Wildman–Crippen MR) is 85.5 cm³/mol. The van der Waals surface area contributed by atoms with Crippen molar-refractivity contribution < 1.29 is 9.37 Å². The highest BCUT2D eigenvalue weighted by atomic mass is 16.6. The van der Waals surface area contributed by atoms with Crippen molar-refractivity contribution in [2.45, 2.75) is 38.1 Å². The zero-order valence-corrected chi connectivity index (χ0v) is 13.4. The van der Waals surface area contributed by atoms with Crippen LogP contribution in [-0.2, 0) is 4.74 Å². The minimum atomic E-state index is 0.460. The third kappa shape index (κ3) is 2.95. The molecule has 0 bridgehead atoms. The van der Waals surface area contributed by atoms with Crippen LogP contribution in [0.5, 0.6) is 0 Å². The molecule has 2 fully saturated rings. The van der Waals surface area contributed by atoms with Crippen LogP contribution >= 0.6 is 0 Å². The lowest BCUT2D eigenvalue weighted by atomic mass is 10.1. The predicted octanol–water partition coefficient (Wildman–Crippen LogP) is 1.84. The summed E-state index contributed by atoms with van der Waals surface area (Å²) in [5.74, 6) is 2.20. The fourth-order valence-corrected chi connectivity index (χ4v) is 3.61. The molecule has 1 saturated carbocycles. The second-order valence-corrected chi connectivity index (χ2v) is 6.49. The molecule has 1 unspecified atom stereocenters. The Bertz CT molecular complexity index is 669. The van der Waals surface area contributed by atoms with E-state index in [0.29, 0.717) is 23.3 Å². The van der Waals surface area contributed by atoms with Gasteiger partial charge in [-0.3, -0.25) is 0 Å². The summed E-state index contributed by atoms with van der Waals surface area (Å²) in [6.45, 7) is 2.67. The molecule has 1 N–H and O–H groups in total. The lowest BCUT2D eigenvalue weighted by molar-refractivity contribution is 0.161. The number of nitrogens with zero attached hydrogens (tertiary/aromatic N) is 5. The van der Waals surface area contributed by atoms with Crippen LogP contribution in [0.4, 0.5) is 11.6 Å². The first-order chi connectivity index (χ1) is 11.3. The van der Waals surface area contributed by atoms with Crippen LogP contribution in [0.1, 0.15) is 32.1 Å². The van der Waals surface area contributed by atoms with Gasteiger partial charge in [-0.05, 0) is 29.6 Å². The number of fused-ring (bicyclic) bond motifs is 1. The Balaban J connectivity index is 1.62. The van der Waals surface area contributed by atoms with Crippen LogP contribution < -0.4 is 10.2 Å². The van der Waals surface area contributed by atoms with E-state index < -0.39 is 0 Å². The van der Waals surface area contributed by atoms with Crippen molar-refractivity contribution in [2.75, 3.05) is 37.0 Å². The van der Waals surface area contributed by atoms with E-state index >= 15 is 0 Å². The third-order valence-corrected chi connectivity index (χ3v) is 4.78. The fourth-order valence-electron chi connectivity index (χ4n) is 3.61. The number of anilines is 2. The minimum absolute atomic E-state index is 0.460. The molecular weight excluding hydrogens is 296 g/mol. The Morgan fingerprint density at radius 1 is 1.17 bits per heavy atom. The molecule has 1 aliphatic carbocycles. The number of hydrogen-bond donors (Lipinski definition) is 1. The lowest BCUT2D eigenvalue weighted by Gasteiger charge is -2.22. The second-order valence-electron chi connectivity index (χ2n) is 6.49. The number of aromatic nitrogens is 4. The summed E-state index contributed by atoms with van der Waals surface area (Å²) in [5, 5.41) is 11.2. The number of rotatable bonds is 5. The van der Waals surface area contributed by atoms with E-state index in [-0.39, 0.29) is 0 Å². The Morgan fingerprint density at radius 2 is 1.96 bits per heavy atom. The minimum Gasteiger partial charge on any atom is -0.384 e. The van der Waals surface area contributed by atoms with Crippen molar-refractivity contribution in [3.8, 4) is 0 Å². The Hall–Kier alpha value is -1.96. The van der Waals surface area contributed by atoms with Crippen LogP contribution in [0.3, 0.4) is 0 Å². The fraction of sp³-hybridized carbons (Fsp3) is 0.733. The first kappa shape index (κ1) is 14.6. The van der Waals surface area contributed by atoms with Gasteiger partial charge in [-0.1, -0.05) is 12.8 Å². The molecule has 2 aromatic rings. The van der Waals surface area contributed by atoms with Crippen molar-refractivity contribution in [1.82, 2.24) is 20.3 Å². The van der Waals surface area contributed by atoms with E-state index in [1.807, 2.05) is 0 Å². The molecule has 8 heteroatoms. The molecule has 4 rings (SSSR count). The molecule has 0 amide bonds. The van der Waals surface area contributed by atoms with E-state index in [4.69, 9.17) is 9.37 Å². The molecule has 3 heterocycles. The van der Waals surface area contributed by atoms with Crippen LogP contribution in [-0.4, -0.2) is 53.1 Å². The summed E-state index contributed by atoms with van der Waals surface area (Å²) in [6.07, 6.45) is 6.01. The van der Waals surface area contributed by atoms with Crippen LogP contribution in [0.2, 0.25) is 0 Å². The molecule has 23 heavy (non-hydrogen) atoms. The van der Waals surface area contributed by atoms with Gasteiger partial charge in [0.25, 0.3) is 0 Å². The van der Waals surface area contributed by atoms with Gasteiger partial charge in [0.2, 0.25) is 11.3 Å². The molecule has 124 valence electrons. The molecule has 1 saturated heterocycles. The van der Waals surface area contributed by atoms with Gasteiger partial charge < -0.3 is 15.0 Å². The highest BCUT2D eigenvalue weighted by molar-refractivity contribution is 5.74. The largest absolute Gasteiger partial charge is 0.384 e. The SMILES string of the molecule is COCC1CCN(c2nc3nonc3nc2NC2CCCC2)C1. The summed E-state index contributed by atoms with van der Waals surface area (Å²) in [7, 11) is 1.75. The van der Waals surface area contributed by atoms with E-state index in [1.165, 1.54) is 25.7 Å². The zero-order chi connectivity index (χ0) is 15.6. The molecule has 8 nitrogen and oxygen atoms in total. The molecule has 1 aliphatic heterocycles. The second kappa shape index (κ2) is 6.27. The van der Waals surface area contributed by atoms with Gasteiger partial charge in [-0.25, -0.2) is 14.6 Å². The Morgan fingerprint density at radius 3 is 2.74 bits per heavy atom. The van der Waals surface area contributed by atoms with Crippen molar-refractivity contribution in [1.29, 1.82) is 0 Å². The topological polar surface area (TPSA) is 89.2 Å². The van der Waals surface area contributed by atoms with Crippen LogP contribution in [0.15, 0.2) is 4.63 Å². The highest BCUT2D eigenvalue weighted by Gasteiger charge is 2.28. The van der Waals surface area contributed by atoms with Gasteiger partial charge in [0, 0.05) is 32.2 Å². The average molecular weight is 318 g/mol. The maximum Gasteiger partial charge on any atom is 0.245 e. The standard InChI is InChI=1S/C15H22N6O2/c1-22-9-10-6-7-21(8-10)15-14(16-11-4-2-3-5-11)17-12-13(18-15)20-23-19-12/h10-11H,2-9H2,1H3,(H,16,17,19). The first-order valence-electron chi connectivity index (χ1n) is 8.34. The van der Waals surface area contributed by atoms with Gasteiger partial charge in [-0.15, -0.1) is 0 Å². The summed E-state index contributed by atoms with van der Waals surface area (Å²) >= 11 is 0. The lowest BCUT2D eigenvalue weighted by Crippen LogP contribution is -2.25. The first-order valence-corrected chi connectivity index (χ1v) is 8.34. The van der Waals surface area contributed by atoms with Crippen molar-refractivity contribution >= 4 is 22.9 Å². The summed E-state index contributed by atoms with van der Waals surface area (Å²) in [4.78, 5) is 11.5. The van der Waals surface area contributed by atoms with Gasteiger partial charge in [0.05, 0.1) is 6.61 Å². The molecule has 2 aliphatic rings. The van der Waals surface area contributed by atoms with E-state index in [2.05, 4.69) is 30.5 Å². The number of ether oxygens (including phenoxy) is 1. The number of nitrogens with one attached hydrogen (secondary N) is 1. The monoisotopic (exact) mass is 318 g/mol. The summed E-state index contributed by atoms with van der Waals surface area (Å²) in [5.41, 5.74) is 0.925. The molecular formula is C15H22N6O2. The van der Waals surface area contributed by atoms with Gasteiger partial charge >= 0.3 is 0 Å². The number of methoxy groups -OCH3 is 1. The summed E-state index contributed by atoms with van der Waals surface area (Å²) in [6, 6.07) is 0.470.